The van der Waals surface area contributed by atoms with Gasteiger partial charge in [-0.05, 0) is 42.8 Å². The van der Waals surface area contributed by atoms with Crippen molar-refractivity contribution in [3.8, 4) is 0 Å². The van der Waals surface area contributed by atoms with Crippen molar-refractivity contribution in [3.05, 3.63) is 65.0 Å². The molecule has 1 aliphatic rings. The number of anilines is 1. The van der Waals surface area contributed by atoms with Crippen LogP contribution in [0.4, 0.5) is 10.1 Å². The molecule has 1 N–H and O–H groups in total. The smallest absolute Gasteiger partial charge is 0.339 e. The molecule has 2 aromatic rings. The van der Waals surface area contributed by atoms with Gasteiger partial charge in [-0.2, -0.15) is 0 Å². The Kier molecular flexibility index (Phi) is 3.63. The normalized spacial score (nSPS) is 16.6. The number of benzene rings is 2. The van der Waals surface area contributed by atoms with Crippen molar-refractivity contribution in [2.75, 3.05) is 5.32 Å². The summed E-state index contributed by atoms with van der Waals surface area (Å²) in [6.07, 6.45) is -0.553. The molecular formula is C17H14FNO3. The highest BCUT2D eigenvalue weighted by atomic mass is 19.1. The molecule has 0 saturated carbocycles. The molecular weight excluding hydrogens is 285 g/mol. The van der Waals surface area contributed by atoms with E-state index in [-0.39, 0.29) is 5.82 Å². The van der Waals surface area contributed by atoms with E-state index in [1.165, 1.54) is 24.3 Å². The van der Waals surface area contributed by atoms with E-state index in [1.54, 1.807) is 6.07 Å². The van der Waals surface area contributed by atoms with Crippen LogP contribution in [0.2, 0.25) is 0 Å². The Balaban J connectivity index is 1.77. The first kappa shape index (κ1) is 14.3. The summed E-state index contributed by atoms with van der Waals surface area (Å²) in [5.74, 6) is -1.31. The summed E-state index contributed by atoms with van der Waals surface area (Å²) in [5.41, 5.74) is 2.77. The number of carbonyl (C=O) groups is 2. The summed E-state index contributed by atoms with van der Waals surface area (Å²) in [7, 11) is 0. The van der Waals surface area contributed by atoms with Gasteiger partial charge >= 0.3 is 5.97 Å². The summed E-state index contributed by atoms with van der Waals surface area (Å²) in [6.45, 7) is 1.92. The lowest BCUT2D eigenvalue weighted by atomic mass is 9.96. The van der Waals surface area contributed by atoms with Crippen LogP contribution in [0.5, 0.6) is 0 Å². The minimum atomic E-state index is -0.883. The summed E-state index contributed by atoms with van der Waals surface area (Å²) in [5, 5.41) is 2.62. The Bertz CT molecular complexity index is 740. The Morgan fingerprint density at radius 3 is 2.68 bits per heavy atom. The summed E-state index contributed by atoms with van der Waals surface area (Å²) in [6, 6.07) is 10.8. The van der Waals surface area contributed by atoms with Crippen molar-refractivity contribution in [2.45, 2.75) is 19.4 Å². The Hall–Kier alpha value is -2.69. The fourth-order valence-corrected chi connectivity index (χ4v) is 2.43. The molecule has 1 heterocycles. The van der Waals surface area contributed by atoms with E-state index < -0.39 is 18.0 Å². The molecule has 1 unspecified atom stereocenters. The molecule has 1 aliphatic heterocycles. The molecule has 112 valence electrons. The van der Waals surface area contributed by atoms with Gasteiger partial charge in [0.05, 0.1) is 5.56 Å². The lowest BCUT2D eigenvalue weighted by molar-refractivity contribution is -0.125. The van der Waals surface area contributed by atoms with Gasteiger partial charge in [-0.1, -0.05) is 17.7 Å². The second kappa shape index (κ2) is 5.60. The molecule has 0 radical (unpaired) electrons. The first-order valence-corrected chi connectivity index (χ1v) is 6.90. The van der Waals surface area contributed by atoms with Crippen LogP contribution in [0.25, 0.3) is 0 Å². The SMILES string of the molecule is Cc1ccc2c(c1)CC(C(=O)Nc1ccc(F)cc1)OC2=O. The number of rotatable bonds is 2. The van der Waals surface area contributed by atoms with Crippen LogP contribution in [0, 0.1) is 12.7 Å². The highest BCUT2D eigenvalue weighted by Gasteiger charge is 2.31. The third-order valence-electron chi connectivity index (χ3n) is 3.54. The van der Waals surface area contributed by atoms with Gasteiger partial charge in [0.15, 0.2) is 6.10 Å². The molecule has 0 aliphatic carbocycles. The van der Waals surface area contributed by atoms with Gasteiger partial charge in [-0.15, -0.1) is 0 Å². The minimum Gasteiger partial charge on any atom is -0.448 e. The predicted octanol–water partition coefficient (Wildman–Crippen LogP) is 2.85. The lowest BCUT2D eigenvalue weighted by Gasteiger charge is -2.24. The number of carbonyl (C=O) groups excluding carboxylic acids is 2. The van der Waals surface area contributed by atoms with Gasteiger partial charge in [-0.3, -0.25) is 4.79 Å². The molecule has 0 aromatic heterocycles. The highest BCUT2D eigenvalue weighted by molar-refractivity contribution is 6.00. The van der Waals surface area contributed by atoms with Crippen molar-refractivity contribution in [3.63, 3.8) is 0 Å². The number of cyclic esters (lactones) is 1. The number of amides is 1. The maximum Gasteiger partial charge on any atom is 0.339 e. The van der Waals surface area contributed by atoms with E-state index in [9.17, 15) is 14.0 Å². The monoisotopic (exact) mass is 299 g/mol. The summed E-state index contributed by atoms with van der Waals surface area (Å²) >= 11 is 0. The average molecular weight is 299 g/mol. The van der Waals surface area contributed by atoms with Crippen molar-refractivity contribution >= 4 is 17.6 Å². The van der Waals surface area contributed by atoms with E-state index in [0.717, 1.165) is 11.1 Å². The first-order valence-electron chi connectivity index (χ1n) is 6.90. The fourth-order valence-electron chi connectivity index (χ4n) is 2.43. The Morgan fingerprint density at radius 2 is 1.95 bits per heavy atom. The van der Waals surface area contributed by atoms with Crippen LogP contribution >= 0.6 is 0 Å². The number of halogens is 1. The van der Waals surface area contributed by atoms with Crippen LogP contribution in [-0.4, -0.2) is 18.0 Å². The van der Waals surface area contributed by atoms with Crippen molar-refractivity contribution in [1.29, 1.82) is 0 Å². The zero-order valence-electron chi connectivity index (χ0n) is 11.9. The van der Waals surface area contributed by atoms with Crippen LogP contribution in [-0.2, 0) is 16.0 Å². The topological polar surface area (TPSA) is 55.4 Å². The average Bonchev–Trinajstić information content (AvgIpc) is 2.49. The van der Waals surface area contributed by atoms with Crippen LogP contribution in [0.15, 0.2) is 42.5 Å². The van der Waals surface area contributed by atoms with Gasteiger partial charge < -0.3 is 10.1 Å². The molecule has 0 saturated heterocycles. The van der Waals surface area contributed by atoms with Crippen molar-refractivity contribution < 1.29 is 18.7 Å². The second-order valence-corrected chi connectivity index (χ2v) is 5.25. The second-order valence-electron chi connectivity index (χ2n) is 5.25. The first-order chi connectivity index (χ1) is 10.5. The van der Waals surface area contributed by atoms with E-state index in [2.05, 4.69) is 5.32 Å². The number of esters is 1. The van der Waals surface area contributed by atoms with E-state index in [4.69, 9.17) is 4.74 Å². The molecule has 3 rings (SSSR count). The Labute approximate surface area is 126 Å². The van der Waals surface area contributed by atoms with Crippen molar-refractivity contribution in [2.24, 2.45) is 0 Å². The molecule has 2 aromatic carbocycles. The van der Waals surface area contributed by atoms with Gasteiger partial charge in [0.2, 0.25) is 0 Å². The van der Waals surface area contributed by atoms with E-state index in [1.807, 2.05) is 19.1 Å². The molecule has 4 nitrogen and oxygen atoms in total. The van der Waals surface area contributed by atoms with Gasteiger partial charge in [-0.25, -0.2) is 9.18 Å². The van der Waals surface area contributed by atoms with Gasteiger partial charge in [0.25, 0.3) is 5.91 Å². The number of nitrogens with one attached hydrogen (secondary N) is 1. The van der Waals surface area contributed by atoms with Crippen LogP contribution in [0.1, 0.15) is 21.5 Å². The third-order valence-corrected chi connectivity index (χ3v) is 3.54. The zero-order valence-corrected chi connectivity index (χ0v) is 11.9. The maximum absolute atomic E-state index is 12.9. The molecule has 5 heteroatoms. The van der Waals surface area contributed by atoms with Crippen LogP contribution in [0.3, 0.4) is 0 Å². The molecule has 22 heavy (non-hydrogen) atoms. The number of fused-ring (bicyclic) bond motifs is 1. The van der Waals surface area contributed by atoms with Crippen LogP contribution < -0.4 is 5.32 Å². The van der Waals surface area contributed by atoms with Gasteiger partial charge in [0.1, 0.15) is 5.82 Å². The molecule has 1 amide bonds. The van der Waals surface area contributed by atoms with E-state index in [0.29, 0.717) is 17.7 Å². The predicted molar refractivity (Wildman–Crippen MR) is 79.1 cm³/mol. The lowest BCUT2D eigenvalue weighted by Crippen LogP contribution is -2.38. The molecule has 1 atom stereocenters. The molecule has 0 bridgehead atoms. The number of ether oxygens (including phenoxy) is 1. The van der Waals surface area contributed by atoms with Gasteiger partial charge in [0, 0.05) is 12.1 Å². The number of hydrogen-bond donors (Lipinski definition) is 1. The van der Waals surface area contributed by atoms with E-state index >= 15 is 0 Å². The summed E-state index contributed by atoms with van der Waals surface area (Å²) < 4.78 is 18.0. The van der Waals surface area contributed by atoms with Crippen molar-refractivity contribution in [1.82, 2.24) is 0 Å². The quantitative estimate of drug-likeness (QED) is 0.868. The number of hydrogen-bond acceptors (Lipinski definition) is 3. The molecule has 0 fully saturated rings. The molecule has 0 spiro atoms. The fraction of sp³-hybridized carbons (Fsp3) is 0.176. The zero-order chi connectivity index (χ0) is 15.7. The highest BCUT2D eigenvalue weighted by Crippen LogP contribution is 2.23. The largest absolute Gasteiger partial charge is 0.448 e. The minimum absolute atomic E-state index is 0.329. The number of aryl methyl sites for hydroxylation is 1. The third kappa shape index (κ3) is 2.83. The standard InChI is InChI=1S/C17H14FNO3/c1-10-2-7-14-11(8-10)9-15(22-17(14)21)16(20)19-13-5-3-12(18)4-6-13/h2-8,15H,9H2,1H3,(H,19,20). The maximum atomic E-state index is 12.9. The Morgan fingerprint density at radius 1 is 1.23 bits per heavy atom. The summed E-state index contributed by atoms with van der Waals surface area (Å²) in [4.78, 5) is 24.2.